The molecule has 1 saturated carbocycles. The van der Waals surface area contributed by atoms with Crippen LogP contribution in [0.5, 0.6) is 11.5 Å². The van der Waals surface area contributed by atoms with Crippen molar-refractivity contribution in [2.24, 2.45) is 10.1 Å². The summed E-state index contributed by atoms with van der Waals surface area (Å²) in [6, 6.07) is 10.0. The van der Waals surface area contributed by atoms with Gasteiger partial charge in [0.15, 0.2) is 0 Å². The second-order valence-electron chi connectivity index (χ2n) is 7.40. The Morgan fingerprint density at radius 1 is 1.10 bits per heavy atom. The first kappa shape index (κ1) is 20.5. The number of aryl methyl sites for hydroxylation is 1. The van der Waals surface area contributed by atoms with Gasteiger partial charge in [0.05, 0.1) is 32.2 Å². The number of methoxy groups -OCH3 is 2. The van der Waals surface area contributed by atoms with Crippen molar-refractivity contribution in [3.63, 3.8) is 0 Å². The van der Waals surface area contributed by atoms with Crippen molar-refractivity contribution in [1.82, 2.24) is 4.68 Å². The molecule has 0 spiro atoms. The van der Waals surface area contributed by atoms with Crippen molar-refractivity contribution in [2.45, 2.75) is 45.1 Å². The molecule has 4 rings (SSSR count). The molecular formula is C23H27N3O3S. The summed E-state index contributed by atoms with van der Waals surface area (Å²) in [5, 5.41) is 6.82. The van der Waals surface area contributed by atoms with Crippen LogP contribution in [0.3, 0.4) is 0 Å². The molecule has 1 aliphatic carbocycles. The van der Waals surface area contributed by atoms with Crippen molar-refractivity contribution in [2.75, 3.05) is 14.2 Å². The van der Waals surface area contributed by atoms with Crippen LogP contribution >= 0.6 is 11.3 Å². The van der Waals surface area contributed by atoms with Crippen LogP contribution in [0.1, 0.15) is 43.6 Å². The quantitative estimate of drug-likeness (QED) is 0.507. The first-order chi connectivity index (χ1) is 14.7. The Labute approximate surface area is 180 Å². The van der Waals surface area contributed by atoms with Gasteiger partial charge in [0.2, 0.25) is 4.80 Å². The molecule has 30 heavy (non-hydrogen) atoms. The van der Waals surface area contributed by atoms with Gasteiger partial charge in [-0.25, -0.2) is 4.68 Å². The fraction of sp³-hybridized carbons (Fsp3) is 0.391. The maximum absolute atomic E-state index is 5.66. The van der Waals surface area contributed by atoms with Crippen LogP contribution in [0.15, 0.2) is 50.2 Å². The van der Waals surface area contributed by atoms with E-state index in [4.69, 9.17) is 24.0 Å². The highest BCUT2D eigenvalue weighted by atomic mass is 32.1. The van der Waals surface area contributed by atoms with Crippen molar-refractivity contribution >= 4 is 17.6 Å². The van der Waals surface area contributed by atoms with E-state index >= 15 is 0 Å². The average molecular weight is 426 g/mol. The van der Waals surface area contributed by atoms with Crippen molar-refractivity contribution in [1.29, 1.82) is 0 Å². The fourth-order valence-corrected chi connectivity index (χ4v) is 4.60. The number of benzene rings is 1. The van der Waals surface area contributed by atoms with Crippen molar-refractivity contribution in [3.8, 4) is 22.8 Å². The smallest absolute Gasteiger partial charge is 0.206 e. The Hall–Kier alpha value is -2.80. The summed E-state index contributed by atoms with van der Waals surface area (Å²) in [6.45, 7) is 1.92. The van der Waals surface area contributed by atoms with E-state index in [1.165, 1.54) is 19.3 Å². The Kier molecular flexibility index (Phi) is 6.38. The maximum Gasteiger partial charge on any atom is 0.206 e. The molecule has 158 valence electrons. The van der Waals surface area contributed by atoms with Crippen molar-refractivity contribution in [3.05, 3.63) is 52.0 Å². The van der Waals surface area contributed by atoms with E-state index in [0.717, 1.165) is 46.2 Å². The number of nitrogens with zero attached hydrogens (tertiary/aromatic N) is 3. The highest BCUT2D eigenvalue weighted by Gasteiger charge is 2.16. The number of ether oxygens (including phenoxy) is 2. The van der Waals surface area contributed by atoms with Gasteiger partial charge >= 0.3 is 0 Å². The Morgan fingerprint density at radius 3 is 2.63 bits per heavy atom. The third-order valence-electron chi connectivity index (χ3n) is 5.30. The largest absolute Gasteiger partial charge is 0.497 e. The molecule has 0 aliphatic heterocycles. The summed E-state index contributed by atoms with van der Waals surface area (Å²) in [7, 11) is 3.31. The van der Waals surface area contributed by atoms with Gasteiger partial charge < -0.3 is 13.9 Å². The van der Waals surface area contributed by atoms with Crippen LogP contribution in [-0.2, 0) is 0 Å². The van der Waals surface area contributed by atoms with Crippen LogP contribution in [0.2, 0.25) is 0 Å². The van der Waals surface area contributed by atoms with Crippen LogP contribution in [0, 0.1) is 6.92 Å². The van der Waals surface area contributed by atoms with Gasteiger partial charge in [-0.1, -0.05) is 19.3 Å². The molecule has 0 atom stereocenters. The van der Waals surface area contributed by atoms with Gasteiger partial charge in [-0.3, -0.25) is 4.99 Å². The zero-order valence-electron chi connectivity index (χ0n) is 17.6. The number of furan rings is 1. The van der Waals surface area contributed by atoms with Gasteiger partial charge in [-0.05, 0) is 44.0 Å². The first-order valence-corrected chi connectivity index (χ1v) is 11.1. The van der Waals surface area contributed by atoms with E-state index in [9.17, 15) is 0 Å². The number of hydrogen-bond donors (Lipinski definition) is 0. The number of hydrogen-bond acceptors (Lipinski definition) is 6. The maximum atomic E-state index is 5.66. The predicted molar refractivity (Wildman–Crippen MR) is 120 cm³/mol. The molecule has 0 saturated heterocycles. The van der Waals surface area contributed by atoms with E-state index in [2.05, 4.69) is 5.38 Å². The summed E-state index contributed by atoms with van der Waals surface area (Å²) in [4.78, 5) is 5.93. The van der Waals surface area contributed by atoms with Crippen LogP contribution in [0.25, 0.3) is 11.3 Å². The van der Waals surface area contributed by atoms with E-state index in [1.807, 2.05) is 41.9 Å². The minimum atomic E-state index is 0.357. The van der Waals surface area contributed by atoms with E-state index < -0.39 is 0 Å². The van der Waals surface area contributed by atoms with Gasteiger partial charge in [0.25, 0.3) is 0 Å². The summed E-state index contributed by atoms with van der Waals surface area (Å²) in [5.74, 6) is 3.05. The number of aromatic nitrogens is 1. The monoisotopic (exact) mass is 425 g/mol. The standard InChI is InChI=1S/C23H27N3O3S/c1-16-9-10-19(29-16)14-24-26-21(20-12-11-18(27-2)13-22(20)28-3)15-30-23(26)25-17-7-5-4-6-8-17/h9-15,17H,4-8H2,1-3H3. The Balaban J connectivity index is 1.80. The molecule has 6 nitrogen and oxygen atoms in total. The summed E-state index contributed by atoms with van der Waals surface area (Å²) in [5.41, 5.74) is 1.86. The summed E-state index contributed by atoms with van der Waals surface area (Å²) in [6.07, 6.45) is 7.81. The molecule has 3 aromatic rings. The van der Waals surface area contributed by atoms with Crippen LogP contribution < -0.4 is 14.3 Å². The molecular weight excluding hydrogens is 398 g/mol. The molecule has 2 heterocycles. The lowest BCUT2D eigenvalue weighted by atomic mass is 9.96. The fourth-order valence-electron chi connectivity index (χ4n) is 3.70. The topological polar surface area (TPSA) is 61.2 Å². The zero-order valence-corrected chi connectivity index (χ0v) is 18.4. The highest BCUT2D eigenvalue weighted by Crippen LogP contribution is 2.33. The molecule has 2 aromatic heterocycles. The third kappa shape index (κ3) is 4.51. The van der Waals surface area contributed by atoms with Gasteiger partial charge in [-0.15, -0.1) is 11.3 Å². The summed E-state index contributed by atoms with van der Waals surface area (Å²) < 4.78 is 18.5. The first-order valence-electron chi connectivity index (χ1n) is 10.3. The third-order valence-corrected chi connectivity index (χ3v) is 6.13. The lowest BCUT2D eigenvalue weighted by Crippen LogP contribution is -2.19. The minimum Gasteiger partial charge on any atom is -0.497 e. The molecule has 1 aromatic carbocycles. The second-order valence-corrected chi connectivity index (χ2v) is 8.23. The molecule has 0 radical (unpaired) electrons. The molecule has 1 aliphatic rings. The molecule has 1 fully saturated rings. The SMILES string of the molecule is COc1ccc(-c2csc(=NC3CCCCC3)n2N=Cc2ccc(C)o2)c(OC)c1. The minimum absolute atomic E-state index is 0.357. The van der Waals surface area contributed by atoms with Gasteiger partial charge in [0, 0.05) is 17.0 Å². The Bertz CT molecular complexity index is 1090. The zero-order chi connectivity index (χ0) is 20.9. The normalized spacial score (nSPS) is 15.8. The predicted octanol–water partition coefficient (Wildman–Crippen LogP) is 5.25. The average Bonchev–Trinajstić information content (AvgIpc) is 3.38. The summed E-state index contributed by atoms with van der Waals surface area (Å²) >= 11 is 1.60. The van der Waals surface area contributed by atoms with Gasteiger partial charge in [0.1, 0.15) is 23.0 Å². The number of thiazole rings is 1. The second kappa shape index (κ2) is 9.34. The van der Waals surface area contributed by atoms with Crippen LogP contribution in [0.4, 0.5) is 0 Å². The molecule has 7 heteroatoms. The lowest BCUT2D eigenvalue weighted by Gasteiger charge is -2.17. The number of rotatable bonds is 6. The lowest BCUT2D eigenvalue weighted by molar-refractivity contribution is 0.395. The molecule has 0 unspecified atom stereocenters. The van der Waals surface area contributed by atoms with E-state index in [-0.39, 0.29) is 0 Å². The Morgan fingerprint density at radius 2 is 1.93 bits per heavy atom. The van der Waals surface area contributed by atoms with E-state index in [0.29, 0.717) is 11.8 Å². The molecule has 0 N–H and O–H groups in total. The highest BCUT2D eigenvalue weighted by molar-refractivity contribution is 7.07. The van der Waals surface area contributed by atoms with Gasteiger partial charge in [-0.2, -0.15) is 5.10 Å². The molecule has 0 amide bonds. The van der Waals surface area contributed by atoms with Crippen LogP contribution in [-0.4, -0.2) is 31.2 Å². The van der Waals surface area contributed by atoms with Crippen molar-refractivity contribution < 1.29 is 13.9 Å². The molecule has 0 bridgehead atoms. The van der Waals surface area contributed by atoms with E-state index in [1.54, 1.807) is 31.8 Å².